The third-order valence-electron chi connectivity index (χ3n) is 3.71. The van der Waals surface area contributed by atoms with E-state index in [9.17, 15) is 0 Å². The van der Waals surface area contributed by atoms with Gasteiger partial charge < -0.3 is 11.1 Å². The number of guanidine groups is 1. The third-order valence-corrected chi connectivity index (χ3v) is 5.19. The molecule has 0 amide bonds. The molecule has 0 heterocycles. The summed E-state index contributed by atoms with van der Waals surface area (Å²) < 4.78 is 0.236. The van der Waals surface area contributed by atoms with Gasteiger partial charge in [0.1, 0.15) is 0 Å². The van der Waals surface area contributed by atoms with E-state index in [1.807, 2.05) is 30.0 Å². The van der Waals surface area contributed by atoms with E-state index in [2.05, 4.69) is 53.6 Å². The van der Waals surface area contributed by atoms with Crippen molar-refractivity contribution < 1.29 is 0 Å². The Morgan fingerprint density at radius 3 is 2.64 bits per heavy atom. The number of aryl methyl sites for hydroxylation is 1. The molecule has 0 saturated heterocycles. The number of benzene rings is 2. The summed E-state index contributed by atoms with van der Waals surface area (Å²) in [5, 5.41) is 3.17. The van der Waals surface area contributed by atoms with Crippen molar-refractivity contribution in [2.75, 3.05) is 11.9 Å². The van der Waals surface area contributed by atoms with Crippen LogP contribution in [0.5, 0.6) is 0 Å². The lowest BCUT2D eigenvalue weighted by Gasteiger charge is -2.13. The molecule has 0 radical (unpaired) electrons. The van der Waals surface area contributed by atoms with E-state index < -0.39 is 0 Å². The number of anilines is 1. The van der Waals surface area contributed by atoms with Gasteiger partial charge in [0.15, 0.2) is 5.96 Å². The van der Waals surface area contributed by atoms with Gasteiger partial charge in [-0.25, -0.2) is 0 Å². The molecule has 22 heavy (non-hydrogen) atoms. The third kappa shape index (κ3) is 4.04. The standard InChI is InChI=1S/C18H21N3S/c1-14-6-5-7-15(12-14)21-17(19)20-13-18(10-11-18)22-16-8-3-2-4-9-16/h2-9,12H,10-11,13H2,1H3,(H3,19,20,21). The number of hydrogen-bond acceptors (Lipinski definition) is 2. The number of aliphatic imine (C=N–C) groups is 1. The van der Waals surface area contributed by atoms with Crippen LogP contribution in [-0.4, -0.2) is 17.3 Å². The van der Waals surface area contributed by atoms with E-state index in [0.717, 1.165) is 12.2 Å². The molecule has 0 atom stereocenters. The topological polar surface area (TPSA) is 50.4 Å². The summed E-state index contributed by atoms with van der Waals surface area (Å²) in [6.45, 7) is 2.82. The Morgan fingerprint density at radius 2 is 1.95 bits per heavy atom. The van der Waals surface area contributed by atoms with E-state index in [-0.39, 0.29) is 4.75 Å². The van der Waals surface area contributed by atoms with Crippen molar-refractivity contribution in [3.8, 4) is 0 Å². The summed E-state index contributed by atoms with van der Waals surface area (Å²) >= 11 is 1.92. The van der Waals surface area contributed by atoms with Crippen LogP contribution in [0.25, 0.3) is 0 Å². The van der Waals surface area contributed by atoms with Crippen LogP contribution < -0.4 is 11.1 Å². The fourth-order valence-corrected chi connectivity index (χ4v) is 3.54. The van der Waals surface area contributed by atoms with Crippen LogP contribution in [0.3, 0.4) is 0 Å². The Balaban J connectivity index is 1.58. The Hall–Kier alpha value is -1.94. The van der Waals surface area contributed by atoms with Gasteiger partial charge in [0.2, 0.25) is 0 Å². The molecule has 1 fully saturated rings. The highest BCUT2D eigenvalue weighted by atomic mass is 32.2. The van der Waals surface area contributed by atoms with E-state index >= 15 is 0 Å². The summed E-state index contributed by atoms with van der Waals surface area (Å²) in [6.07, 6.45) is 2.40. The highest BCUT2D eigenvalue weighted by Crippen LogP contribution is 2.51. The van der Waals surface area contributed by atoms with Gasteiger partial charge >= 0.3 is 0 Å². The second kappa shape index (κ2) is 6.44. The zero-order valence-electron chi connectivity index (χ0n) is 12.8. The maximum atomic E-state index is 6.01. The number of rotatable bonds is 5. The van der Waals surface area contributed by atoms with Crippen molar-refractivity contribution in [1.29, 1.82) is 0 Å². The lowest BCUT2D eigenvalue weighted by molar-refractivity contribution is 0.897. The molecule has 0 aromatic heterocycles. The second-order valence-corrected chi connectivity index (χ2v) is 7.34. The van der Waals surface area contributed by atoms with Gasteiger partial charge in [-0.15, -0.1) is 11.8 Å². The number of thioether (sulfide) groups is 1. The molecule has 3 rings (SSSR count). The minimum absolute atomic E-state index is 0.236. The molecule has 2 aromatic rings. The normalized spacial score (nSPS) is 16.3. The lowest BCUT2D eigenvalue weighted by atomic mass is 10.2. The predicted octanol–water partition coefficient (Wildman–Crippen LogP) is 4.05. The summed E-state index contributed by atoms with van der Waals surface area (Å²) in [5.74, 6) is 0.491. The van der Waals surface area contributed by atoms with Gasteiger partial charge in [0.25, 0.3) is 0 Å². The molecule has 114 valence electrons. The number of nitrogens with two attached hydrogens (primary N) is 1. The Bertz CT molecular complexity index is 663. The molecule has 4 heteroatoms. The van der Waals surface area contributed by atoms with Crippen molar-refractivity contribution in [2.45, 2.75) is 29.4 Å². The highest BCUT2D eigenvalue weighted by Gasteiger charge is 2.43. The molecule has 1 aliphatic carbocycles. The number of nitrogens with one attached hydrogen (secondary N) is 1. The summed E-state index contributed by atoms with van der Waals surface area (Å²) in [5.41, 5.74) is 8.21. The van der Waals surface area contributed by atoms with E-state index in [1.54, 1.807) is 0 Å². The smallest absolute Gasteiger partial charge is 0.193 e. The molecule has 1 saturated carbocycles. The van der Waals surface area contributed by atoms with E-state index in [1.165, 1.54) is 23.3 Å². The van der Waals surface area contributed by atoms with Crippen LogP contribution in [0.2, 0.25) is 0 Å². The van der Waals surface area contributed by atoms with Crippen LogP contribution >= 0.6 is 11.8 Å². The minimum Gasteiger partial charge on any atom is -0.370 e. The van der Waals surface area contributed by atoms with Gasteiger partial charge in [-0.2, -0.15) is 0 Å². The van der Waals surface area contributed by atoms with Gasteiger partial charge in [0, 0.05) is 15.3 Å². The zero-order valence-corrected chi connectivity index (χ0v) is 13.6. The van der Waals surface area contributed by atoms with Gasteiger partial charge in [-0.1, -0.05) is 30.3 Å². The first-order chi connectivity index (χ1) is 10.7. The van der Waals surface area contributed by atoms with Crippen LogP contribution in [0.1, 0.15) is 18.4 Å². The maximum absolute atomic E-state index is 6.01. The van der Waals surface area contributed by atoms with Crippen molar-refractivity contribution in [1.82, 2.24) is 0 Å². The molecule has 0 aliphatic heterocycles. The fraction of sp³-hybridized carbons (Fsp3) is 0.278. The first-order valence-electron chi connectivity index (χ1n) is 7.53. The quantitative estimate of drug-likeness (QED) is 0.647. The molecule has 3 N–H and O–H groups in total. The summed E-state index contributed by atoms with van der Waals surface area (Å²) in [7, 11) is 0. The first-order valence-corrected chi connectivity index (χ1v) is 8.35. The van der Waals surface area contributed by atoms with Crippen molar-refractivity contribution in [3.63, 3.8) is 0 Å². The van der Waals surface area contributed by atoms with Crippen molar-refractivity contribution in [3.05, 3.63) is 60.2 Å². The van der Waals surface area contributed by atoms with E-state index in [4.69, 9.17) is 5.73 Å². The first kappa shape index (κ1) is 15.0. The molecular weight excluding hydrogens is 290 g/mol. The predicted molar refractivity (Wildman–Crippen MR) is 95.6 cm³/mol. The van der Waals surface area contributed by atoms with Crippen LogP contribution in [0.15, 0.2) is 64.5 Å². The molecule has 0 bridgehead atoms. The highest BCUT2D eigenvalue weighted by molar-refractivity contribution is 8.01. The minimum atomic E-state index is 0.236. The SMILES string of the molecule is Cc1cccc(NC(N)=NCC2(Sc3ccccc3)CC2)c1. The number of hydrogen-bond donors (Lipinski definition) is 2. The Kier molecular flexibility index (Phi) is 4.39. The summed E-state index contributed by atoms with van der Waals surface area (Å²) in [4.78, 5) is 5.85. The number of nitrogens with zero attached hydrogens (tertiary/aromatic N) is 1. The Labute approximate surface area is 136 Å². The van der Waals surface area contributed by atoms with Crippen LogP contribution in [0.4, 0.5) is 5.69 Å². The van der Waals surface area contributed by atoms with E-state index in [0.29, 0.717) is 5.96 Å². The molecule has 0 unspecified atom stereocenters. The molecule has 0 spiro atoms. The fourth-order valence-electron chi connectivity index (χ4n) is 2.31. The van der Waals surface area contributed by atoms with Crippen LogP contribution in [-0.2, 0) is 0 Å². The average molecular weight is 311 g/mol. The van der Waals surface area contributed by atoms with Gasteiger partial charge in [-0.05, 0) is 49.6 Å². The Morgan fingerprint density at radius 1 is 1.18 bits per heavy atom. The van der Waals surface area contributed by atoms with Crippen LogP contribution in [0, 0.1) is 6.92 Å². The van der Waals surface area contributed by atoms with Gasteiger partial charge in [-0.3, -0.25) is 4.99 Å². The monoisotopic (exact) mass is 311 g/mol. The molecular formula is C18H21N3S. The molecule has 3 nitrogen and oxygen atoms in total. The molecule has 1 aliphatic rings. The lowest BCUT2D eigenvalue weighted by Crippen LogP contribution is -2.24. The second-order valence-electron chi connectivity index (χ2n) is 5.79. The van der Waals surface area contributed by atoms with Gasteiger partial charge in [0.05, 0.1) is 6.54 Å². The van der Waals surface area contributed by atoms with Crippen molar-refractivity contribution >= 4 is 23.4 Å². The summed E-state index contributed by atoms with van der Waals surface area (Å²) in [6, 6.07) is 18.7. The maximum Gasteiger partial charge on any atom is 0.193 e. The average Bonchev–Trinajstić information content (AvgIpc) is 3.26. The molecule has 2 aromatic carbocycles. The largest absolute Gasteiger partial charge is 0.370 e. The zero-order chi connectivity index (χ0) is 15.4. The van der Waals surface area contributed by atoms with Crippen molar-refractivity contribution in [2.24, 2.45) is 10.7 Å².